The summed E-state index contributed by atoms with van der Waals surface area (Å²) in [6, 6.07) is 3.79. The highest BCUT2D eigenvalue weighted by atomic mass is 127. The second-order valence-electron chi connectivity index (χ2n) is 4.98. The summed E-state index contributed by atoms with van der Waals surface area (Å²) in [6.07, 6.45) is -0.567. The van der Waals surface area contributed by atoms with Crippen molar-refractivity contribution < 1.29 is 13.2 Å². The minimum atomic E-state index is -4.23. The van der Waals surface area contributed by atoms with Crippen molar-refractivity contribution in [2.75, 3.05) is 0 Å². The van der Waals surface area contributed by atoms with Crippen LogP contribution in [0.5, 0.6) is 0 Å². The molecule has 0 amide bonds. The Balaban J connectivity index is 1.88. The number of fused-ring (bicyclic) bond motifs is 1. The molecule has 0 saturated carbocycles. The summed E-state index contributed by atoms with van der Waals surface area (Å²) in [7, 11) is 0. The molecule has 0 fully saturated rings. The molecule has 1 aromatic rings. The molecule has 2 aliphatic rings. The lowest BCUT2D eigenvalue weighted by Gasteiger charge is -2.16. The molecular weight excluding hydrogens is 414 g/mol. The van der Waals surface area contributed by atoms with Crippen LogP contribution in [-0.4, -0.2) is 11.9 Å². The first-order chi connectivity index (χ1) is 9.86. The van der Waals surface area contributed by atoms with E-state index in [1.807, 2.05) is 12.1 Å². The van der Waals surface area contributed by atoms with E-state index in [4.69, 9.17) is 11.6 Å². The first-order valence-electron chi connectivity index (χ1n) is 6.38. The summed E-state index contributed by atoms with van der Waals surface area (Å²) >= 11 is 8.42. The molecule has 6 heteroatoms. The number of allylic oxidation sites excluding steroid dienone is 4. The summed E-state index contributed by atoms with van der Waals surface area (Å²) in [4.78, 5) is 4.51. The van der Waals surface area contributed by atoms with Crippen molar-refractivity contribution in [3.63, 3.8) is 0 Å². The highest BCUT2D eigenvalue weighted by Gasteiger charge is 2.34. The fourth-order valence-corrected chi connectivity index (χ4v) is 3.24. The standard InChI is InChI=1S/C15H10ClF3IN/c16-14-10-7-13(21-12(10)6-5-11(14)20)8-1-3-9(4-2-8)15(17,18)19/h1,3,5-6H,2,4,7H2. The zero-order valence-corrected chi connectivity index (χ0v) is 13.7. The summed E-state index contributed by atoms with van der Waals surface area (Å²) in [5.41, 5.74) is 3.00. The average molecular weight is 424 g/mol. The molecule has 1 aromatic carbocycles. The molecule has 0 atom stereocenters. The number of alkyl halides is 3. The smallest absolute Gasteiger partial charge is 0.252 e. The van der Waals surface area contributed by atoms with Crippen LogP contribution in [0.3, 0.4) is 0 Å². The first-order valence-corrected chi connectivity index (χ1v) is 7.83. The monoisotopic (exact) mass is 423 g/mol. The normalized spacial score (nSPS) is 18.0. The minimum Gasteiger partial charge on any atom is -0.252 e. The SMILES string of the molecule is FC(F)(F)C1=CC=C(C2=Nc3ccc(I)c(Cl)c3C2)CC1. The van der Waals surface area contributed by atoms with Crippen LogP contribution in [-0.2, 0) is 6.42 Å². The number of halogens is 5. The van der Waals surface area contributed by atoms with Gasteiger partial charge in [0.2, 0.25) is 0 Å². The van der Waals surface area contributed by atoms with Crippen molar-refractivity contribution in [3.05, 3.63) is 49.6 Å². The maximum absolute atomic E-state index is 12.6. The van der Waals surface area contributed by atoms with Crippen LogP contribution in [0.15, 0.2) is 40.4 Å². The lowest BCUT2D eigenvalue weighted by atomic mass is 9.93. The first kappa shape index (κ1) is 15.1. The van der Waals surface area contributed by atoms with Gasteiger partial charge in [0.15, 0.2) is 0 Å². The van der Waals surface area contributed by atoms with E-state index in [0.29, 0.717) is 17.9 Å². The molecule has 0 bridgehead atoms. The van der Waals surface area contributed by atoms with E-state index in [-0.39, 0.29) is 6.42 Å². The van der Waals surface area contributed by atoms with Gasteiger partial charge in [0.25, 0.3) is 0 Å². The second-order valence-corrected chi connectivity index (χ2v) is 6.52. The van der Waals surface area contributed by atoms with Gasteiger partial charge in [0.05, 0.1) is 10.7 Å². The fourth-order valence-electron chi connectivity index (χ4n) is 2.51. The topological polar surface area (TPSA) is 12.4 Å². The molecule has 1 heterocycles. The second kappa shape index (κ2) is 5.43. The van der Waals surface area contributed by atoms with Gasteiger partial charge in [-0.2, -0.15) is 13.2 Å². The molecule has 3 rings (SSSR count). The summed E-state index contributed by atoms with van der Waals surface area (Å²) < 4.78 is 38.8. The van der Waals surface area contributed by atoms with E-state index in [1.165, 1.54) is 6.08 Å². The van der Waals surface area contributed by atoms with Crippen molar-refractivity contribution in [2.45, 2.75) is 25.4 Å². The van der Waals surface area contributed by atoms with Gasteiger partial charge in [-0.25, -0.2) is 0 Å². The number of nitrogens with zero attached hydrogens (tertiary/aromatic N) is 1. The Bertz CT molecular complexity index is 702. The third-order valence-corrected chi connectivity index (χ3v) is 5.30. The van der Waals surface area contributed by atoms with Crippen LogP contribution >= 0.6 is 34.2 Å². The Hall–Kier alpha value is -0.820. The summed E-state index contributed by atoms with van der Waals surface area (Å²) in [5, 5.41) is 0.690. The molecule has 0 N–H and O–H groups in total. The number of hydrogen-bond acceptors (Lipinski definition) is 1. The molecule has 0 aromatic heterocycles. The Labute approximate surface area is 138 Å². The van der Waals surface area contributed by atoms with Crippen LogP contribution in [0.25, 0.3) is 0 Å². The maximum Gasteiger partial charge on any atom is 0.412 e. The molecule has 1 nitrogen and oxygen atoms in total. The fraction of sp³-hybridized carbons (Fsp3) is 0.267. The van der Waals surface area contributed by atoms with Gasteiger partial charge in [-0.1, -0.05) is 23.8 Å². The highest BCUT2D eigenvalue weighted by molar-refractivity contribution is 14.1. The van der Waals surface area contributed by atoms with Crippen molar-refractivity contribution in [2.24, 2.45) is 4.99 Å². The van der Waals surface area contributed by atoms with E-state index in [2.05, 4.69) is 27.6 Å². The number of hydrogen-bond donors (Lipinski definition) is 0. The predicted octanol–water partition coefficient (Wildman–Crippen LogP) is 5.78. The van der Waals surface area contributed by atoms with Crippen LogP contribution in [0.4, 0.5) is 18.9 Å². The number of benzene rings is 1. The number of aliphatic imine (C=N–C) groups is 1. The van der Waals surface area contributed by atoms with Crippen molar-refractivity contribution in [1.82, 2.24) is 0 Å². The Morgan fingerprint density at radius 1 is 1.14 bits per heavy atom. The van der Waals surface area contributed by atoms with E-state index < -0.39 is 11.7 Å². The van der Waals surface area contributed by atoms with Gasteiger partial charge < -0.3 is 0 Å². The van der Waals surface area contributed by atoms with E-state index >= 15 is 0 Å². The van der Waals surface area contributed by atoms with Gasteiger partial charge in [-0.05, 0) is 53.1 Å². The lowest BCUT2D eigenvalue weighted by Crippen LogP contribution is -2.15. The molecule has 21 heavy (non-hydrogen) atoms. The van der Waals surface area contributed by atoms with Crippen molar-refractivity contribution in [3.8, 4) is 0 Å². The van der Waals surface area contributed by atoms with Crippen molar-refractivity contribution >= 4 is 45.6 Å². The van der Waals surface area contributed by atoms with Gasteiger partial charge in [-0.3, -0.25) is 4.99 Å². The van der Waals surface area contributed by atoms with Gasteiger partial charge in [0, 0.05) is 26.8 Å². The third kappa shape index (κ3) is 2.90. The van der Waals surface area contributed by atoms with Crippen LogP contribution in [0.2, 0.25) is 5.02 Å². The van der Waals surface area contributed by atoms with Gasteiger partial charge in [0.1, 0.15) is 0 Å². The highest BCUT2D eigenvalue weighted by Crippen LogP contribution is 2.39. The summed E-state index contributed by atoms with van der Waals surface area (Å²) in [5.74, 6) is 0. The zero-order valence-electron chi connectivity index (χ0n) is 10.8. The van der Waals surface area contributed by atoms with Crippen molar-refractivity contribution in [1.29, 1.82) is 0 Å². The summed E-state index contributed by atoms with van der Waals surface area (Å²) in [6.45, 7) is 0. The lowest BCUT2D eigenvalue weighted by molar-refractivity contribution is -0.0940. The van der Waals surface area contributed by atoms with E-state index in [9.17, 15) is 13.2 Å². The van der Waals surface area contributed by atoms with Gasteiger partial charge in [-0.15, -0.1) is 0 Å². The largest absolute Gasteiger partial charge is 0.412 e. The van der Waals surface area contributed by atoms with E-state index in [1.54, 1.807) is 0 Å². The molecule has 1 aliphatic heterocycles. The van der Waals surface area contributed by atoms with E-state index in [0.717, 1.165) is 32.2 Å². The van der Waals surface area contributed by atoms with Crippen LogP contribution in [0, 0.1) is 3.57 Å². The van der Waals surface area contributed by atoms with Crippen LogP contribution < -0.4 is 0 Å². The quantitative estimate of drug-likeness (QED) is 0.508. The molecule has 0 unspecified atom stereocenters. The van der Waals surface area contributed by atoms with Crippen LogP contribution in [0.1, 0.15) is 18.4 Å². The molecule has 0 saturated heterocycles. The third-order valence-electron chi connectivity index (χ3n) is 3.66. The molecule has 110 valence electrons. The molecule has 0 spiro atoms. The Kier molecular flexibility index (Phi) is 3.90. The molecule has 1 aliphatic carbocycles. The Morgan fingerprint density at radius 3 is 2.52 bits per heavy atom. The predicted molar refractivity (Wildman–Crippen MR) is 86.4 cm³/mol. The zero-order chi connectivity index (χ0) is 15.2. The average Bonchev–Trinajstić information content (AvgIpc) is 2.87. The maximum atomic E-state index is 12.6. The molecular formula is C15H10ClF3IN. The number of rotatable bonds is 1. The Morgan fingerprint density at radius 2 is 1.90 bits per heavy atom. The van der Waals surface area contributed by atoms with Gasteiger partial charge >= 0.3 is 6.18 Å². The minimum absolute atomic E-state index is 0.00989. The molecule has 0 radical (unpaired) electrons.